The van der Waals surface area contributed by atoms with Crippen molar-refractivity contribution in [1.29, 1.82) is 0 Å². The lowest BCUT2D eigenvalue weighted by atomic mass is 9.64. The van der Waals surface area contributed by atoms with Crippen LogP contribution in [0.2, 0.25) is 0 Å². The zero-order chi connectivity index (χ0) is 11.5. The monoisotopic (exact) mass is 208 g/mol. The van der Waals surface area contributed by atoms with E-state index >= 15 is 0 Å². The van der Waals surface area contributed by atoms with Crippen LogP contribution in [0.25, 0.3) is 0 Å². The van der Waals surface area contributed by atoms with Crippen molar-refractivity contribution in [3.63, 3.8) is 0 Å². The van der Waals surface area contributed by atoms with Crippen molar-refractivity contribution in [3.05, 3.63) is 24.3 Å². The molecule has 1 aliphatic carbocycles. The summed E-state index contributed by atoms with van der Waals surface area (Å²) in [6, 6.07) is 0. The first-order chi connectivity index (χ1) is 7.00. The molecule has 1 nitrogen and oxygen atoms in total. The third kappa shape index (κ3) is 2.72. The predicted molar refractivity (Wildman–Crippen MR) is 65.7 cm³/mol. The van der Waals surface area contributed by atoms with Crippen molar-refractivity contribution in [1.82, 2.24) is 0 Å². The number of hydrogen-bond acceptors (Lipinski definition) is 1. The number of hydrogen-bond donors (Lipinski definition) is 1. The Balaban J connectivity index is 2.73. The predicted octanol–water partition coefficient (Wildman–Crippen LogP) is 3.70. The Morgan fingerprint density at radius 3 is 2.73 bits per heavy atom. The minimum absolute atomic E-state index is 0.0581. The Bertz CT molecular complexity index is 242. The fourth-order valence-corrected chi connectivity index (χ4v) is 2.41. The summed E-state index contributed by atoms with van der Waals surface area (Å²) >= 11 is 0. The second-order valence-electron chi connectivity index (χ2n) is 5.21. The van der Waals surface area contributed by atoms with Crippen LogP contribution in [0.4, 0.5) is 0 Å². The van der Waals surface area contributed by atoms with Gasteiger partial charge in [0, 0.05) is 0 Å². The lowest BCUT2D eigenvalue weighted by molar-refractivity contribution is -0.0341. The largest absolute Gasteiger partial charge is 0.393 e. The Morgan fingerprint density at radius 1 is 1.53 bits per heavy atom. The standard InChI is InChI=1S/C14H24O/c1-5-11(2)9-10-14(4)12(3)7-6-8-13(14)15/h5,9,12-13,15H,1,6-8,10H2,2-4H3/b11-9-/t12-,13+,14+/m1/s1. The topological polar surface area (TPSA) is 20.2 Å². The molecule has 1 heteroatoms. The van der Waals surface area contributed by atoms with Crippen molar-refractivity contribution < 1.29 is 5.11 Å². The number of aliphatic hydroxyl groups excluding tert-OH is 1. The maximum absolute atomic E-state index is 10.1. The van der Waals surface area contributed by atoms with Gasteiger partial charge in [0.05, 0.1) is 6.10 Å². The van der Waals surface area contributed by atoms with E-state index in [1.807, 2.05) is 6.08 Å². The average molecular weight is 208 g/mol. The molecule has 1 saturated carbocycles. The van der Waals surface area contributed by atoms with E-state index in [0.29, 0.717) is 5.92 Å². The molecule has 1 N–H and O–H groups in total. The average Bonchev–Trinajstić information content (AvgIpc) is 2.23. The molecule has 0 bridgehead atoms. The van der Waals surface area contributed by atoms with Gasteiger partial charge in [-0.15, -0.1) is 0 Å². The summed E-state index contributed by atoms with van der Waals surface area (Å²) < 4.78 is 0. The van der Waals surface area contributed by atoms with Gasteiger partial charge in [-0.05, 0) is 37.5 Å². The fraction of sp³-hybridized carbons (Fsp3) is 0.714. The zero-order valence-corrected chi connectivity index (χ0v) is 10.3. The van der Waals surface area contributed by atoms with Gasteiger partial charge in [0.15, 0.2) is 0 Å². The first-order valence-electron chi connectivity index (χ1n) is 5.98. The third-order valence-corrected chi connectivity index (χ3v) is 4.19. The molecule has 0 aromatic heterocycles. The summed E-state index contributed by atoms with van der Waals surface area (Å²) in [6.07, 6.45) is 8.28. The highest BCUT2D eigenvalue weighted by molar-refractivity contribution is 5.14. The van der Waals surface area contributed by atoms with Crippen LogP contribution < -0.4 is 0 Å². The molecular weight excluding hydrogens is 184 g/mol. The molecule has 0 heterocycles. The molecule has 0 spiro atoms. The Labute approximate surface area is 93.9 Å². The number of allylic oxidation sites excluding steroid dienone is 3. The molecule has 0 aromatic carbocycles. The van der Waals surface area contributed by atoms with Gasteiger partial charge in [-0.3, -0.25) is 0 Å². The maximum Gasteiger partial charge on any atom is 0.0599 e. The lowest BCUT2D eigenvalue weighted by Crippen LogP contribution is -2.41. The van der Waals surface area contributed by atoms with Crippen molar-refractivity contribution in [2.75, 3.05) is 0 Å². The quantitative estimate of drug-likeness (QED) is 0.701. The normalized spacial score (nSPS) is 37.7. The molecule has 3 atom stereocenters. The summed E-state index contributed by atoms with van der Waals surface area (Å²) in [6.45, 7) is 10.3. The molecule has 0 amide bonds. The minimum atomic E-state index is -0.143. The van der Waals surface area contributed by atoms with E-state index in [-0.39, 0.29) is 11.5 Å². The Morgan fingerprint density at radius 2 is 2.20 bits per heavy atom. The van der Waals surface area contributed by atoms with Crippen LogP contribution in [0, 0.1) is 11.3 Å². The lowest BCUT2D eigenvalue weighted by Gasteiger charge is -2.43. The number of aliphatic hydroxyl groups is 1. The van der Waals surface area contributed by atoms with Crippen molar-refractivity contribution >= 4 is 0 Å². The second-order valence-corrected chi connectivity index (χ2v) is 5.21. The van der Waals surface area contributed by atoms with E-state index in [2.05, 4.69) is 33.4 Å². The van der Waals surface area contributed by atoms with Crippen molar-refractivity contribution in [2.24, 2.45) is 11.3 Å². The molecule has 86 valence electrons. The van der Waals surface area contributed by atoms with E-state index in [1.165, 1.54) is 18.4 Å². The fourth-order valence-electron chi connectivity index (χ4n) is 2.41. The van der Waals surface area contributed by atoms with Gasteiger partial charge in [0.25, 0.3) is 0 Å². The molecule has 0 radical (unpaired) electrons. The minimum Gasteiger partial charge on any atom is -0.393 e. The van der Waals surface area contributed by atoms with Crippen LogP contribution in [0.5, 0.6) is 0 Å². The maximum atomic E-state index is 10.1. The van der Waals surface area contributed by atoms with E-state index in [0.717, 1.165) is 12.8 Å². The van der Waals surface area contributed by atoms with Crippen LogP contribution in [0.1, 0.15) is 46.5 Å². The van der Waals surface area contributed by atoms with Crippen LogP contribution in [0.3, 0.4) is 0 Å². The van der Waals surface area contributed by atoms with Gasteiger partial charge >= 0.3 is 0 Å². The smallest absolute Gasteiger partial charge is 0.0599 e. The van der Waals surface area contributed by atoms with Gasteiger partial charge in [-0.1, -0.05) is 44.6 Å². The SMILES string of the molecule is C=C/C(C)=C\C[C@@]1(C)[C@H](C)CCC[C@@H]1O. The molecule has 1 rings (SSSR count). The van der Waals surface area contributed by atoms with E-state index in [4.69, 9.17) is 0 Å². The molecule has 15 heavy (non-hydrogen) atoms. The van der Waals surface area contributed by atoms with Crippen LogP contribution in [-0.2, 0) is 0 Å². The first-order valence-corrected chi connectivity index (χ1v) is 5.98. The van der Waals surface area contributed by atoms with E-state index in [1.54, 1.807) is 0 Å². The summed E-state index contributed by atoms with van der Waals surface area (Å²) in [4.78, 5) is 0. The van der Waals surface area contributed by atoms with Crippen molar-refractivity contribution in [3.8, 4) is 0 Å². The van der Waals surface area contributed by atoms with Gasteiger partial charge in [0.2, 0.25) is 0 Å². The second kappa shape index (κ2) is 4.98. The molecule has 0 aromatic rings. The van der Waals surface area contributed by atoms with Gasteiger partial charge in [-0.25, -0.2) is 0 Å². The molecular formula is C14H24O. The van der Waals surface area contributed by atoms with Gasteiger partial charge < -0.3 is 5.11 Å². The zero-order valence-electron chi connectivity index (χ0n) is 10.3. The molecule has 0 aliphatic heterocycles. The third-order valence-electron chi connectivity index (χ3n) is 4.19. The first kappa shape index (κ1) is 12.5. The summed E-state index contributed by atoms with van der Waals surface area (Å²) in [5, 5.41) is 10.1. The molecule has 0 saturated heterocycles. The van der Waals surface area contributed by atoms with Crippen LogP contribution in [0.15, 0.2) is 24.3 Å². The van der Waals surface area contributed by atoms with Crippen molar-refractivity contribution in [2.45, 2.75) is 52.6 Å². The molecule has 1 aliphatic rings. The molecule has 1 fully saturated rings. The van der Waals surface area contributed by atoms with Gasteiger partial charge in [0.1, 0.15) is 0 Å². The number of rotatable bonds is 3. The highest BCUT2D eigenvalue weighted by Crippen LogP contribution is 2.44. The highest BCUT2D eigenvalue weighted by Gasteiger charge is 2.39. The van der Waals surface area contributed by atoms with Crippen LogP contribution in [-0.4, -0.2) is 11.2 Å². The molecule has 0 unspecified atom stereocenters. The summed E-state index contributed by atoms with van der Waals surface area (Å²) in [5.74, 6) is 0.607. The Kier molecular flexibility index (Phi) is 4.15. The summed E-state index contributed by atoms with van der Waals surface area (Å²) in [5.41, 5.74) is 1.27. The van der Waals surface area contributed by atoms with Gasteiger partial charge in [-0.2, -0.15) is 0 Å². The van der Waals surface area contributed by atoms with E-state index in [9.17, 15) is 5.11 Å². The summed E-state index contributed by atoms with van der Waals surface area (Å²) in [7, 11) is 0. The Hall–Kier alpha value is -0.560. The van der Waals surface area contributed by atoms with E-state index < -0.39 is 0 Å². The highest BCUT2D eigenvalue weighted by atomic mass is 16.3. The van der Waals surface area contributed by atoms with Crippen LogP contribution >= 0.6 is 0 Å².